The molecule has 4 aromatic rings. The number of rotatable bonds is 13. The third-order valence-corrected chi connectivity index (χ3v) is 8.57. The van der Waals surface area contributed by atoms with E-state index in [9.17, 15) is 36.7 Å². The number of nitrogens with zero attached hydrogens (tertiary/aromatic N) is 3. The van der Waals surface area contributed by atoms with Gasteiger partial charge in [0.05, 0.1) is 12.1 Å². The maximum Gasteiger partial charge on any atom is 0.274 e. The lowest BCUT2D eigenvalue weighted by Crippen LogP contribution is -2.47. The lowest BCUT2D eigenvalue weighted by molar-refractivity contribution is -0.132. The molecule has 0 radical (unpaired) electrons. The third kappa shape index (κ3) is 9.61. The number of amides is 3. The van der Waals surface area contributed by atoms with E-state index in [0.29, 0.717) is 22.6 Å². The zero-order valence-corrected chi connectivity index (χ0v) is 28.1. The lowest BCUT2D eigenvalue weighted by atomic mass is 9.86. The van der Waals surface area contributed by atoms with Crippen LogP contribution in [0.25, 0.3) is 11.0 Å². The number of nitrogens with one attached hydrogen (secondary N) is 3. The first-order chi connectivity index (χ1) is 24.3. The Bertz CT molecular complexity index is 1980. The van der Waals surface area contributed by atoms with Gasteiger partial charge in [-0.05, 0) is 68.2 Å². The molecule has 3 amide bonds. The van der Waals surface area contributed by atoms with E-state index in [-0.39, 0.29) is 56.0 Å². The molecule has 1 atom stereocenters. The van der Waals surface area contributed by atoms with Crippen molar-refractivity contribution in [3.63, 3.8) is 0 Å². The second kappa shape index (κ2) is 16.0. The van der Waals surface area contributed by atoms with Gasteiger partial charge in [0.25, 0.3) is 5.56 Å². The van der Waals surface area contributed by atoms with Gasteiger partial charge in [0.2, 0.25) is 23.6 Å². The minimum absolute atomic E-state index is 0.0178. The Balaban J connectivity index is 1.28. The molecule has 11 nitrogen and oxygen atoms in total. The Morgan fingerprint density at radius 2 is 1.88 bits per heavy atom. The van der Waals surface area contributed by atoms with E-state index in [2.05, 4.69) is 20.6 Å². The van der Waals surface area contributed by atoms with Gasteiger partial charge in [-0.3, -0.25) is 19.2 Å². The summed E-state index contributed by atoms with van der Waals surface area (Å²) in [6.07, 6.45) is 3.85. The molecule has 0 aliphatic heterocycles. The fraction of sp³-hybridized carbons (Fsp3) is 0.361. The Labute approximate surface area is 290 Å². The number of fused-ring (bicyclic) bond motifs is 1. The minimum Gasteiger partial charge on any atom is -0.487 e. The number of H-pyrrole nitrogens is 1. The molecule has 1 fully saturated rings. The number of alkyl halides is 2. The van der Waals surface area contributed by atoms with Gasteiger partial charge >= 0.3 is 0 Å². The van der Waals surface area contributed by atoms with Crippen LogP contribution in [0.2, 0.25) is 0 Å². The molecular weight excluding hydrogens is 672 g/mol. The second-order valence-electron chi connectivity index (χ2n) is 12.6. The van der Waals surface area contributed by atoms with Crippen molar-refractivity contribution >= 4 is 34.4 Å². The predicted molar refractivity (Wildman–Crippen MR) is 181 cm³/mol. The summed E-state index contributed by atoms with van der Waals surface area (Å²) in [5.74, 6) is -5.68. The van der Waals surface area contributed by atoms with Crippen molar-refractivity contribution in [2.45, 2.75) is 63.6 Å². The number of pyridine rings is 1. The zero-order valence-electron chi connectivity index (χ0n) is 28.1. The van der Waals surface area contributed by atoms with Gasteiger partial charge in [-0.15, -0.1) is 0 Å². The Hall–Kier alpha value is -5.47. The molecule has 1 saturated carbocycles. The molecule has 2 heterocycles. The number of carbonyl (C=O) groups excluding carboxylic acids is 3. The number of aromatic nitrogens is 3. The number of carbonyl (C=O) groups is 3. The van der Waals surface area contributed by atoms with E-state index in [4.69, 9.17) is 4.74 Å². The number of ether oxygens (including phenoxy) is 1. The highest BCUT2D eigenvalue weighted by molar-refractivity contribution is 5.97. The van der Waals surface area contributed by atoms with E-state index >= 15 is 0 Å². The number of anilines is 1. The third-order valence-electron chi connectivity index (χ3n) is 8.57. The van der Waals surface area contributed by atoms with Gasteiger partial charge in [0, 0.05) is 50.7 Å². The molecule has 3 N–H and O–H groups in total. The normalized spacial score (nSPS) is 15.1. The molecule has 1 aliphatic carbocycles. The van der Waals surface area contributed by atoms with Crippen LogP contribution in [-0.2, 0) is 27.5 Å². The smallest absolute Gasteiger partial charge is 0.274 e. The highest BCUT2D eigenvalue weighted by atomic mass is 19.3. The summed E-state index contributed by atoms with van der Waals surface area (Å²) in [6, 6.07) is 10.1. The number of likely N-dealkylation sites (N-methyl/N-ethyl adjacent to an activating group) is 1. The molecule has 51 heavy (non-hydrogen) atoms. The van der Waals surface area contributed by atoms with E-state index in [1.165, 1.54) is 33.9 Å². The molecule has 15 heteroatoms. The van der Waals surface area contributed by atoms with Gasteiger partial charge in [-0.1, -0.05) is 12.1 Å². The maximum absolute atomic E-state index is 14.1. The van der Waals surface area contributed by atoms with E-state index in [1.807, 2.05) is 0 Å². The van der Waals surface area contributed by atoms with Gasteiger partial charge < -0.3 is 29.8 Å². The first-order valence-corrected chi connectivity index (χ1v) is 16.4. The average Bonchev–Trinajstić information content (AvgIpc) is 3.50. The SMILES string of the molecule is CN(C)C(=O)/C=C/CC[C@H](NC(=O)C1CCC(F)(F)CC1)C(=O)Nc1cccn(Cc2nc3cccc(OCc4ccc(F)cc4F)c3[nH]2)c1=O. The topological polar surface area (TPSA) is 138 Å². The van der Waals surface area contributed by atoms with Crippen LogP contribution in [0.1, 0.15) is 49.9 Å². The Morgan fingerprint density at radius 1 is 1.12 bits per heavy atom. The molecule has 270 valence electrons. The number of allylic oxidation sites excluding steroid dienone is 1. The molecule has 2 aromatic carbocycles. The number of imidazole rings is 1. The summed E-state index contributed by atoms with van der Waals surface area (Å²) in [4.78, 5) is 60.9. The molecule has 0 unspecified atom stereocenters. The number of aromatic amines is 1. The standard InChI is InChI=1S/C36H38F4N6O5/c1-45(2)31(47)11-4-3-7-27(42-33(48)22-14-16-36(39,40)17-15-22)34(49)43-28-9-6-18-46(35(28)50)20-30-41-26-8-5-10-29(32(26)44-30)51-21-23-12-13-24(37)19-25(23)38/h4-6,8-13,18-19,22,27H,3,7,14-17,20-21H2,1-2H3,(H,41,44)(H,42,48)(H,43,49)/b11-4+/t27-/m0/s1. The van der Waals surface area contributed by atoms with Crippen LogP contribution in [0.5, 0.6) is 5.75 Å². The quantitative estimate of drug-likeness (QED) is 0.127. The van der Waals surface area contributed by atoms with Crippen molar-refractivity contribution in [2.24, 2.45) is 5.92 Å². The monoisotopic (exact) mass is 710 g/mol. The summed E-state index contributed by atoms with van der Waals surface area (Å²) < 4.78 is 61.9. The van der Waals surface area contributed by atoms with Crippen LogP contribution in [0.4, 0.5) is 23.2 Å². The summed E-state index contributed by atoms with van der Waals surface area (Å²) >= 11 is 0. The van der Waals surface area contributed by atoms with Crippen molar-refractivity contribution < 1.29 is 36.7 Å². The maximum atomic E-state index is 14.1. The van der Waals surface area contributed by atoms with Crippen molar-refractivity contribution in [1.29, 1.82) is 0 Å². The summed E-state index contributed by atoms with van der Waals surface area (Å²) in [6.45, 7) is -0.191. The summed E-state index contributed by atoms with van der Waals surface area (Å²) in [5, 5.41) is 5.26. The second-order valence-corrected chi connectivity index (χ2v) is 12.6. The minimum atomic E-state index is -2.82. The van der Waals surface area contributed by atoms with E-state index in [0.717, 1.165) is 12.1 Å². The lowest BCUT2D eigenvalue weighted by Gasteiger charge is -2.28. The fourth-order valence-electron chi connectivity index (χ4n) is 5.64. The van der Waals surface area contributed by atoms with Crippen molar-refractivity contribution in [3.8, 4) is 5.75 Å². The van der Waals surface area contributed by atoms with Crippen LogP contribution >= 0.6 is 0 Å². The highest BCUT2D eigenvalue weighted by Crippen LogP contribution is 2.36. The van der Waals surface area contributed by atoms with Crippen molar-refractivity contribution in [2.75, 3.05) is 19.4 Å². The number of para-hydroxylation sites is 1. The van der Waals surface area contributed by atoms with Gasteiger partial charge in [-0.25, -0.2) is 22.5 Å². The number of halogens is 4. The van der Waals surface area contributed by atoms with Crippen LogP contribution in [0.3, 0.4) is 0 Å². The molecule has 1 aliphatic rings. The first-order valence-electron chi connectivity index (χ1n) is 16.4. The molecule has 0 spiro atoms. The molecular formula is C36H38F4N6O5. The highest BCUT2D eigenvalue weighted by Gasteiger charge is 2.38. The van der Waals surface area contributed by atoms with E-state index in [1.54, 1.807) is 44.4 Å². The van der Waals surface area contributed by atoms with Gasteiger partial charge in [0.1, 0.15) is 47.1 Å². The number of hydrogen-bond donors (Lipinski definition) is 3. The number of hydrogen-bond acceptors (Lipinski definition) is 6. The Morgan fingerprint density at radius 3 is 2.61 bits per heavy atom. The molecule has 0 bridgehead atoms. The van der Waals surface area contributed by atoms with Crippen LogP contribution in [0, 0.1) is 17.6 Å². The fourth-order valence-corrected chi connectivity index (χ4v) is 5.64. The van der Waals surface area contributed by atoms with Crippen molar-refractivity contribution in [1.82, 2.24) is 24.8 Å². The van der Waals surface area contributed by atoms with Gasteiger partial charge in [-0.2, -0.15) is 0 Å². The summed E-state index contributed by atoms with van der Waals surface area (Å²) in [5.41, 5.74) is 0.537. The largest absolute Gasteiger partial charge is 0.487 e. The van der Waals surface area contributed by atoms with Crippen LogP contribution in [-0.4, -0.2) is 63.2 Å². The average molecular weight is 711 g/mol. The van der Waals surface area contributed by atoms with Crippen LogP contribution < -0.4 is 20.9 Å². The molecule has 2 aromatic heterocycles. The number of benzene rings is 2. The predicted octanol–water partition coefficient (Wildman–Crippen LogP) is 5.30. The molecule has 5 rings (SSSR count). The van der Waals surface area contributed by atoms with Crippen molar-refractivity contribution in [3.05, 3.63) is 100 Å². The van der Waals surface area contributed by atoms with E-state index < -0.39 is 59.7 Å². The molecule has 0 saturated heterocycles. The summed E-state index contributed by atoms with van der Waals surface area (Å²) in [7, 11) is 3.18. The Kier molecular flexibility index (Phi) is 11.6. The van der Waals surface area contributed by atoms with Crippen LogP contribution in [0.15, 0.2) is 71.7 Å². The zero-order chi connectivity index (χ0) is 36.7. The first kappa shape index (κ1) is 36.8. The van der Waals surface area contributed by atoms with Gasteiger partial charge in [0.15, 0.2) is 0 Å².